The van der Waals surface area contributed by atoms with E-state index in [0.717, 1.165) is 29.3 Å². The number of hydrogen-bond acceptors (Lipinski definition) is 7. The molecule has 0 spiro atoms. The first-order valence-electron chi connectivity index (χ1n) is 9.02. The maximum Gasteiger partial charge on any atom is 0.254 e. The summed E-state index contributed by atoms with van der Waals surface area (Å²) < 4.78 is 16.0. The van der Waals surface area contributed by atoms with E-state index in [9.17, 15) is 4.79 Å². The van der Waals surface area contributed by atoms with Crippen molar-refractivity contribution in [2.24, 2.45) is 0 Å². The molecule has 8 heteroatoms. The van der Waals surface area contributed by atoms with Gasteiger partial charge in [0.15, 0.2) is 11.5 Å². The van der Waals surface area contributed by atoms with E-state index in [1.165, 1.54) is 0 Å². The van der Waals surface area contributed by atoms with Crippen LogP contribution in [0, 0.1) is 0 Å². The number of rotatable bonds is 6. The van der Waals surface area contributed by atoms with Gasteiger partial charge in [-0.1, -0.05) is 6.92 Å². The number of methoxy groups -OCH3 is 3. The molecule has 2 aromatic rings. The number of hydrogen-bond donors (Lipinski definition) is 0. The summed E-state index contributed by atoms with van der Waals surface area (Å²) in [7, 11) is 4.64. The molecule has 1 aliphatic heterocycles. The highest BCUT2D eigenvalue weighted by molar-refractivity contribution is 7.11. The van der Waals surface area contributed by atoms with Crippen LogP contribution in [0.15, 0.2) is 12.1 Å². The summed E-state index contributed by atoms with van der Waals surface area (Å²) in [6.07, 6.45) is 2.71. The molecule has 7 nitrogen and oxygen atoms in total. The average Bonchev–Trinajstić information content (AvgIpc) is 3.21. The molecular formula is C19H25N3O4S. The zero-order chi connectivity index (χ0) is 19.4. The minimum absolute atomic E-state index is 0.0285. The third kappa shape index (κ3) is 4.00. The molecule has 0 radical (unpaired) electrons. The highest BCUT2D eigenvalue weighted by Gasteiger charge is 2.28. The van der Waals surface area contributed by atoms with Gasteiger partial charge in [-0.25, -0.2) is 0 Å². The third-order valence-electron chi connectivity index (χ3n) is 4.83. The van der Waals surface area contributed by atoms with Crippen LogP contribution in [0.2, 0.25) is 0 Å². The molecule has 1 aromatic carbocycles. The van der Waals surface area contributed by atoms with Crippen molar-refractivity contribution in [3.63, 3.8) is 0 Å². The molecular weight excluding hydrogens is 366 g/mol. The zero-order valence-corrected chi connectivity index (χ0v) is 17.0. The topological polar surface area (TPSA) is 73.8 Å². The van der Waals surface area contributed by atoms with Crippen molar-refractivity contribution in [1.29, 1.82) is 0 Å². The summed E-state index contributed by atoms with van der Waals surface area (Å²) in [5.41, 5.74) is 0.534. The van der Waals surface area contributed by atoms with Crippen molar-refractivity contribution in [1.82, 2.24) is 15.1 Å². The van der Waals surface area contributed by atoms with Crippen LogP contribution in [0.5, 0.6) is 17.2 Å². The fourth-order valence-corrected chi connectivity index (χ4v) is 4.24. The largest absolute Gasteiger partial charge is 0.493 e. The summed E-state index contributed by atoms with van der Waals surface area (Å²) >= 11 is 1.69. The molecule has 3 rings (SSSR count). The Bertz CT molecular complexity index is 775. The van der Waals surface area contributed by atoms with Crippen molar-refractivity contribution in [2.75, 3.05) is 34.4 Å². The van der Waals surface area contributed by atoms with E-state index in [0.29, 0.717) is 41.8 Å². The molecule has 1 aliphatic rings. The van der Waals surface area contributed by atoms with E-state index in [1.54, 1.807) is 44.8 Å². The summed E-state index contributed by atoms with van der Waals surface area (Å²) in [6, 6.07) is 3.40. The molecule has 1 amide bonds. The molecule has 0 saturated carbocycles. The minimum atomic E-state index is -0.0285. The molecule has 2 heterocycles. The standard InChI is InChI=1S/C19H25N3O4S/c1-5-16-20-21-18(27-16)12-6-8-22(9-7-12)19(23)13-10-14(24-2)17(26-4)15(11-13)25-3/h10-12H,5-9H2,1-4H3. The SMILES string of the molecule is CCc1nnc(C2CCN(C(=O)c3cc(OC)c(OC)c(OC)c3)CC2)s1. The van der Waals surface area contributed by atoms with Crippen LogP contribution >= 0.6 is 11.3 Å². The average molecular weight is 391 g/mol. The Morgan fingerprint density at radius 3 is 2.22 bits per heavy atom. The maximum absolute atomic E-state index is 13.0. The van der Waals surface area contributed by atoms with Gasteiger partial charge in [-0.15, -0.1) is 21.5 Å². The van der Waals surface area contributed by atoms with Gasteiger partial charge in [0.2, 0.25) is 5.75 Å². The van der Waals surface area contributed by atoms with Crippen LogP contribution in [0.4, 0.5) is 0 Å². The summed E-state index contributed by atoms with van der Waals surface area (Å²) in [5, 5.41) is 10.7. The number of carbonyl (C=O) groups excluding carboxylic acids is 1. The number of nitrogens with zero attached hydrogens (tertiary/aromatic N) is 3. The first-order valence-corrected chi connectivity index (χ1v) is 9.84. The quantitative estimate of drug-likeness (QED) is 0.753. The first-order chi connectivity index (χ1) is 13.1. The number of likely N-dealkylation sites (tertiary alicyclic amines) is 1. The first kappa shape index (κ1) is 19.4. The van der Waals surface area contributed by atoms with Gasteiger partial charge in [-0.05, 0) is 31.4 Å². The van der Waals surface area contributed by atoms with Gasteiger partial charge in [-0.3, -0.25) is 4.79 Å². The lowest BCUT2D eigenvalue weighted by atomic mass is 9.97. The number of piperidine rings is 1. The lowest BCUT2D eigenvalue weighted by Gasteiger charge is -2.31. The fraction of sp³-hybridized carbons (Fsp3) is 0.526. The van der Waals surface area contributed by atoms with E-state index in [-0.39, 0.29) is 5.91 Å². The number of aryl methyl sites for hydroxylation is 1. The van der Waals surface area contributed by atoms with Crippen LogP contribution < -0.4 is 14.2 Å². The molecule has 27 heavy (non-hydrogen) atoms. The van der Waals surface area contributed by atoms with Gasteiger partial charge in [0, 0.05) is 24.6 Å². The lowest BCUT2D eigenvalue weighted by Crippen LogP contribution is -2.37. The third-order valence-corrected chi connectivity index (χ3v) is 6.06. The van der Waals surface area contributed by atoms with E-state index in [4.69, 9.17) is 14.2 Å². The number of amides is 1. The minimum Gasteiger partial charge on any atom is -0.493 e. The predicted molar refractivity (Wildman–Crippen MR) is 103 cm³/mol. The predicted octanol–water partition coefficient (Wildman–Crippen LogP) is 3.15. The Balaban J connectivity index is 1.72. The van der Waals surface area contributed by atoms with E-state index < -0.39 is 0 Å². The van der Waals surface area contributed by atoms with E-state index in [1.807, 2.05) is 4.90 Å². The Morgan fingerprint density at radius 1 is 1.11 bits per heavy atom. The Labute approximate surface area is 163 Å². The van der Waals surface area contributed by atoms with Crippen molar-refractivity contribution in [3.05, 3.63) is 27.7 Å². The van der Waals surface area contributed by atoms with Crippen LogP contribution in [0.3, 0.4) is 0 Å². The van der Waals surface area contributed by atoms with Crippen LogP contribution in [0.1, 0.15) is 46.1 Å². The number of aromatic nitrogens is 2. The Kier molecular flexibility index (Phi) is 6.15. The lowest BCUT2D eigenvalue weighted by molar-refractivity contribution is 0.0712. The van der Waals surface area contributed by atoms with Gasteiger partial charge in [0.1, 0.15) is 10.0 Å². The van der Waals surface area contributed by atoms with Crippen molar-refractivity contribution in [2.45, 2.75) is 32.1 Å². The molecule has 0 atom stereocenters. The van der Waals surface area contributed by atoms with Crippen LogP contribution in [-0.2, 0) is 6.42 Å². The molecule has 146 valence electrons. The summed E-state index contributed by atoms with van der Waals surface area (Å²) in [6.45, 7) is 3.48. The van der Waals surface area contributed by atoms with Crippen molar-refractivity contribution < 1.29 is 19.0 Å². The van der Waals surface area contributed by atoms with E-state index >= 15 is 0 Å². The van der Waals surface area contributed by atoms with Gasteiger partial charge in [0.25, 0.3) is 5.91 Å². The Hall–Kier alpha value is -2.35. The zero-order valence-electron chi connectivity index (χ0n) is 16.2. The van der Waals surface area contributed by atoms with Gasteiger partial charge in [-0.2, -0.15) is 0 Å². The summed E-state index contributed by atoms with van der Waals surface area (Å²) in [4.78, 5) is 14.9. The highest BCUT2D eigenvalue weighted by Crippen LogP contribution is 2.39. The highest BCUT2D eigenvalue weighted by atomic mass is 32.1. The van der Waals surface area contributed by atoms with Gasteiger partial charge < -0.3 is 19.1 Å². The molecule has 1 saturated heterocycles. The van der Waals surface area contributed by atoms with Gasteiger partial charge >= 0.3 is 0 Å². The molecule has 1 fully saturated rings. The van der Waals surface area contributed by atoms with E-state index in [2.05, 4.69) is 17.1 Å². The summed E-state index contributed by atoms with van der Waals surface area (Å²) in [5.74, 6) is 1.80. The smallest absolute Gasteiger partial charge is 0.254 e. The molecule has 0 bridgehead atoms. The second-order valence-electron chi connectivity index (χ2n) is 6.37. The van der Waals surface area contributed by atoms with Gasteiger partial charge in [0.05, 0.1) is 21.3 Å². The Morgan fingerprint density at radius 2 is 1.74 bits per heavy atom. The number of benzene rings is 1. The second-order valence-corrected chi connectivity index (χ2v) is 7.46. The van der Waals surface area contributed by atoms with Crippen molar-refractivity contribution >= 4 is 17.2 Å². The second kappa shape index (κ2) is 8.56. The maximum atomic E-state index is 13.0. The molecule has 0 aliphatic carbocycles. The molecule has 1 aromatic heterocycles. The normalized spacial score (nSPS) is 14.9. The van der Waals surface area contributed by atoms with Crippen LogP contribution in [-0.4, -0.2) is 55.4 Å². The number of carbonyl (C=O) groups is 1. The van der Waals surface area contributed by atoms with Crippen molar-refractivity contribution in [3.8, 4) is 17.2 Å². The fourth-order valence-electron chi connectivity index (χ4n) is 3.29. The monoisotopic (exact) mass is 391 g/mol. The number of ether oxygens (including phenoxy) is 3. The molecule has 0 N–H and O–H groups in total. The molecule has 0 unspecified atom stereocenters. The van der Waals surface area contributed by atoms with Crippen LogP contribution in [0.25, 0.3) is 0 Å².